The second kappa shape index (κ2) is 9.24. The molecule has 3 N–H and O–H groups in total. The van der Waals surface area contributed by atoms with Crippen molar-refractivity contribution in [2.45, 2.75) is 12.5 Å². The smallest absolute Gasteiger partial charge is 0.282 e. The molecular weight excluding hydrogens is 515 g/mol. The van der Waals surface area contributed by atoms with Gasteiger partial charge < -0.3 is 19.9 Å². The summed E-state index contributed by atoms with van der Waals surface area (Å²) >= 11 is 5.81. The molecule has 0 unspecified atom stereocenters. The molecule has 1 saturated heterocycles. The first kappa shape index (κ1) is 24.3. The van der Waals surface area contributed by atoms with Crippen molar-refractivity contribution in [2.75, 3.05) is 13.1 Å². The Kier molecular flexibility index (Phi) is 6.07. The molecule has 0 radical (unpaired) electrons. The number of hydrogen-bond acceptors (Lipinski definition) is 5. The van der Waals surface area contributed by atoms with Crippen molar-refractivity contribution in [3.05, 3.63) is 80.9 Å². The maximum Gasteiger partial charge on any atom is 0.282 e. The molecule has 5 aromatic rings. The van der Waals surface area contributed by atoms with Crippen molar-refractivity contribution in [1.82, 2.24) is 34.4 Å². The van der Waals surface area contributed by atoms with Gasteiger partial charge in [-0.1, -0.05) is 17.7 Å². The SMILES string of the molecule is O=C(Cn1cnc2[nH]cc(-c3ccc(F)c(Cl)c3)c2c1=O)N1CC(F)(F)C1.O=c1[nH]cnc2[nH]ccc12. The summed E-state index contributed by atoms with van der Waals surface area (Å²) in [6.45, 7) is -1.70. The number of hydrogen-bond donors (Lipinski definition) is 3. The molecule has 4 aromatic heterocycles. The van der Waals surface area contributed by atoms with E-state index >= 15 is 0 Å². The van der Waals surface area contributed by atoms with Crippen LogP contribution in [-0.4, -0.2) is 59.3 Å². The Bertz CT molecular complexity index is 1750. The molecule has 5 heterocycles. The number of alkyl halides is 2. The van der Waals surface area contributed by atoms with Gasteiger partial charge in [0, 0.05) is 18.0 Å². The zero-order valence-corrected chi connectivity index (χ0v) is 19.5. The van der Waals surface area contributed by atoms with Crippen molar-refractivity contribution < 1.29 is 18.0 Å². The number of carbonyl (C=O) groups is 1. The summed E-state index contributed by atoms with van der Waals surface area (Å²) in [6, 6.07) is 5.72. The van der Waals surface area contributed by atoms with Crippen LogP contribution in [0.25, 0.3) is 33.2 Å². The number of fused-ring (bicyclic) bond motifs is 2. The van der Waals surface area contributed by atoms with Gasteiger partial charge >= 0.3 is 0 Å². The summed E-state index contributed by atoms with van der Waals surface area (Å²) in [6.07, 6.45) is 5.78. The summed E-state index contributed by atoms with van der Waals surface area (Å²) in [5.41, 5.74) is 1.24. The lowest BCUT2D eigenvalue weighted by Crippen LogP contribution is -2.59. The third-order valence-corrected chi connectivity index (χ3v) is 6.04. The van der Waals surface area contributed by atoms with Crippen molar-refractivity contribution >= 4 is 39.6 Å². The second-order valence-electron chi connectivity index (χ2n) is 8.31. The number of H-pyrrole nitrogens is 3. The quantitative estimate of drug-likeness (QED) is 0.329. The number of nitrogens with zero attached hydrogens (tertiary/aromatic N) is 4. The fraction of sp³-hybridized carbons (Fsp3) is 0.174. The van der Waals surface area contributed by atoms with Crippen LogP contribution in [-0.2, 0) is 11.3 Å². The van der Waals surface area contributed by atoms with Gasteiger partial charge in [-0.15, -0.1) is 0 Å². The molecule has 190 valence electrons. The first-order valence-corrected chi connectivity index (χ1v) is 11.2. The fourth-order valence-electron chi connectivity index (χ4n) is 3.88. The van der Waals surface area contributed by atoms with E-state index in [0.29, 0.717) is 22.2 Å². The maximum absolute atomic E-state index is 13.4. The molecular formula is C23H17ClF3N7O3. The number of aromatic nitrogens is 6. The summed E-state index contributed by atoms with van der Waals surface area (Å²) in [7, 11) is 0. The van der Waals surface area contributed by atoms with Crippen molar-refractivity contribution in [3.8, 4) is 11.1 Å². The van der Waals surface area contributed by atoms with E-state index in [2.05, 4.69) is 24.9 Å². The minimum Gasteiger partial charge on any atom is -0.346 e. The number of carbonyl (C=O) groups excluding carboxylic acids is 1. The van der Waals surface area contributed by atoms with Gasteiger partial charge in [0.1, 0.15) is 30.0 Å². The van der Waals surface area contributed by atoms with Crippen LogP contribution in [0.2, 0.25) is 5.02 Å². The average molecular weight is 532 g/mol. The van der Waals surface area contributed by atoms with E-state index in [1.54, 1.807) is 12.3 Å². The Labute approximate surface area is 209 Å². The lowest BCUT2D eigenvalue weighted by molar-refractivity contribution is -0.166. The standard InChI is InChI=1S/C17H12ClF3N4O2.C6H5N3O/c18-11-3-9(1-2-12(11)19)10-4-22-15-14(10)16(27)24(8-23-15)5-13(26)25-6-17(20,21)7-25;10-6-4-1-2-7-5(4)8-3-9-6/h1-4,8,22H,5-7H2;1-3H,(H2,7,8,9,10). The highest BCUT2D eigenvalue weighted by Crippen LogP contribution is 2.29. The Morgan fingerprint density at radius 3 is 2.57 bits per heavy atom. The second-order valence-corrected chi connectivity index (χ2v) is 8.72. The number of rotatable bonds is 3. The van der Waals surface area contributed by atoms with E-state index in [0.717, 1.165) is 9.47 Å². The van der Waals surface area contributed by atoms with Crippen LogP contribution >= 0.6 is 11.6 Å². The number of benzene rings is 1. The zero-order chi connectivity index (χ0) is 26.3. The molecule has 0 spiro atoms. The van der Waals surface area contributed by atoms with Gasteiger partial charge in [-0.25, -0.2) is 23.1 Å². The van der Waals surface area contributed by atoms with Crippen LogP contribution in [0.5, 0.6) is 0 Å². The Balaban J connectivity index is 0.000000233. The van der Waals surface area contributed by atoms with Gasteiger partial charge in [0.15, 0.2) is 0 Å². The number of nitrogens with one attached hydrogen (secondary N) is 3. The molecule has 10 nitrogen and oxygen atoms in total. The van der Waals surface area contributed by atoms with E-state index in [1.807, 2.05) is 0 Å². The molecule has 1 aromatic carbocycles. The first-order chi connectivity index (χ1) is 17.6. The molecule has 0 aliphatic carbocycles. The highest BCUT2D eigenvalue weighted by Gasteiger charge is 2.46. The molecule has 0 bridgehead atoms. The largest absolute Gasteiger partial charge is 0.346 e. The van der Waals surface area contributed by atoms with Crippen LogP contribution < -0.4 is 11.1 Å². The molecule has 37 heavy (non-hydrogen) atoms. The van der Waals surface area contributed by atoms with Gasteiger partial charge in [0.2, 0.25) is 5.91 Å². The summed E-state index contributed by atoms with van der Waals surface area (Å²) in [5.74, 6) is -4.06. The zero-order valence-electron chi connectivity index (χ0n) is 18.8. The van der Waals surface area contributed by atoms with Gasteiger partial charge in [0.05, 0.1) is 35.2 Å². The topological polar surface area (TPSA) is 133 Å². The maximum atomic E-state index is 13.4. The third-order valence-electron chi connectivity index (χ3n) is 5.75. The molecule has 6 rings (SSSR count). The molecule has 1 aliphatic rings. The van der Waals surface area contributed by atoms with Gasteiger partial charge in [0.25, 0.3) is 17.0 Å². The monoisotopic (exact) mass is 531 g/mol. The first-order valence-electron chi connectivity index (χ1n) is 10.8. The van der Waals surface area contributed by atoms with E-state index in [1.165, 1.54) is 37.1 Å². The van der Waals surface area contributed by atoms with Gasteiger partial charge in [-0.3, -0.25) is 19.0 Å². The molecule has 0 atom stereocenters. The molecule has 1 aliphatic heterocycles. The minimum absolute atomic E-state index is 0.0973. The summed E-state index contributed by atoms with van der Waals surface area (Å²) in [5, 5.41) is 0.698. The molecule has 1 fully saturated rings. The van der Waals surface area contributed by atoms with Crippen LogP contribution in [0, 0.1) is 5.82 Å². The van der Waals surface area contributed by atoms with E-state index in [-0.39, 0.29) is 21.6 Å². The van der Waals surface area contributed by atoms with Gasteiger partial charge in [-0.05, 0) is 23.8 Å². The fourth-order valence-corrected chi connectivity index (χ4v) is 4.06. The molecule has 1 amide bonds. The lowest BCUT2D eigenvalue weighted by atomic mass is 10.1. The Morgan fingerprint density at radius 2 is 1.86 bits per heavy atom. The Morgan fingerprint density at radius 1 is 1.08 bits per heavy atom. The normalized spacial score (nSPS) is 14.3. The highest BCUT2D eigenvalue weighted by molar-refractivity contribution is 6.31. The number of aromatic amines is 3. The molecule has 0 saturated carbocycles. The number of halogens is 4. The predicted molar refractivity (Wildman–Crippen MR) is 129 cm³/mol. The summed E-state index contributed by atoms with van der Waals surface area (Å²) < 4.78 is 40.3. The number of amides is 1. The predicted octanol–water partition coefficient (Wildman–Crippen LogP) is 2.91. The number of likely N-dealkylation sites (tertiary alicyclic amines) is 1. The van der Waals surface area contributed by atoms with Crippen LogP contribution in [0.4, 0.5) is 13.2 Å². The minimum atomic E-state index is -2.88. The highest BCUT2D eigenvalue weighted by atomic mass is 35.5. The van der Waals surface area contributed by atoms with Gasteiger partial charge in [-0.2, -0.15) is 0 Å². The van der Waals surface area contributed by atoms with Crippen LogP contribution in [0.15, 0.2) is 58.9 Å². The Hall–Kier alpha value is -4.39. The van der Waals surface area contributed by atoms with E-state index < -0.39 is 42.8 Å². The van der Waals surface area contributed by atoms with Crippen LogP contribution in [0.1, 0.15) is 0 Å². The lowest BCUT2D eigenvalue weighted by Gasteiger charge is -2.38. The third kappa shape index (κ3) is 4.72. The van der Waals surface area contributed by atoms with E-state index in [9.17, 15) is 27.6 Å². The van der Waals surface area contributed by atoms with E-state index in [4.69, 9.17) is 11.6 Å². The molecule has 14 heteroatoms. The average Bonchev–Trinajstić information content (AvgIpc) is 3.50. The van der Waals surface area contributed by atoms with Crippen LogP contribution in [0.3, 0.4) is 0 Å². The summed E-state index contributed by atoms with van der Waals surface area (Å²) in [4.78, 5) is 52.9. The van der Waals surface area contributed by atoms with Crippen molar-refractivity contribution in [3.63, 3.8) is 0 Å². The van der Waals surface area contributed by atoms with Crippen molar-refractivity contribution in [2.24, 2.45) is 0 Å². The van der Waals surface area contributed by atoms with Crippen molar-refractivity contribution in [1.29, 1.82) is 0 Å².